The highest BCUT2D eigenvalue weighted by molar-refractivity contribution is 6.14. The molecule has 1 aromatic carbocycles. The second kappa shape index (κ2) is 8.99. The van der Waals surface area contributed by atoms with Gasteiger partial charge in [-0.3, -0.25) is 9.48 Å². The maximum Gasteiger partial charge on any atom is 0.316 e. The van der Waals surface area contributed by atoms with E-state index in [1.807, 2.05) is 19.3 Å². The molecule has 0 unspecified atom stereocenters. The summed E-state index contributed by atoms with van der Waals surface area (Å²) in [6, 6.07) is 6.37. The molecule has 11 nitrogen and oxygen atoms in total. The van der Waals surface area contributed by atoms with Crippen LogP contribution in [0.15, 0.2) is 30.6 Å². The number of benzene rings is 1. The van der Waals surface area contributed by atoms with Crippen molar-refractivity contribution in [2.45, 2.75) is 25.9 Å². The molecule has 0 spiro atoms. The topological polar surface area (TPSA) is 119 Å². The number of carbonyl (C=O) groups is 1. The first-order valence-corrected chi connectivity index (χ1v) is 11.4. The Balaban J connectivity index is 1.55. The van der Waals surface area contributed by atoms with Crippen LogP contribution in [0.4, 0.5) is 11.5 Å². The summed E-state index contributed by atoms with van der Waals surface area (Å²) in [5.74, 6) is 0.349. The number of hydrogen-bond donors (Lipinski definition) is 2. The predicted octanol–water partition coefficient (Wildman–Crippen LogP) is 2.37. The molecule has 35 heavy (non-hydrogen) atoms. The number of fused-ring (bicyclic) bond motifs is 2. The van der Waals surface area contributed by atoms with Crippen LogP contribution >= 0.6 is 0 Å². The zero-order valence-electron chi connectivity index (χ0n) is 20.4. The van der Waals surface area contributed by atoms with E-state index in [4.69, 9.17) is 9.47 Å². The molecule has 1 fully saturated rings. The summed E-state index contributed by atoms with van der Waals surface area (Å²) in [4.78, 5) is 29.0. The summed E-state index contributed by atoms with van der Waals surface area (Å²) in [5.41, 5.74) is 2.52. The molecule has 2 N–H and O–H groups in total. The molecule has 1 aliphatic heterocycles. The van der Waals surface area contributed by atoms with Crippen molar-refractivity contribution in [3.63, 3.8) is 0 Å². The van der Waals surface area contributed by atoms with E-state index in [-0.39, 0.29) is 11.9 Å². The Morgan fingerprint density at radius 3 is 2.60 bits per heavy atom. The zero-order chi connectivity index (χ0) is 24.7. The Labute approximate surface area is 202 Å². The van der Waals surface area contributed by atoms with Crippen molar-refractivity contribution in [2.75, 3.05) is 37.5 Å². The van der Waals surface area contributed by atoms with Crippen molar-refractivity contribution in [1.29, 1.82) is 0 Å². The molecule has 1 aliphatic rings. The Morgan fingerprint density at radius 2 is 1.89 bits per heavy atom. The number of amides is 1. The third kappa shape index (κ3) is 4.30. The van der Waals surface area contributed by atoms with Crippen LogP contribution in [0.5, 0.6) is 11.9 Å². The van der Waals surface area contributed by atoms with Crippen LogP contribution in [-0.4, -0.2) is 70.0 Å². The van der Waals surface area contributed by atoms with Gasteiger partial charge in [-0.2, -0.15) is 15.1 Å². The molecule has 1 saturated heterocycles. The second-order valence-electron chi connectivity index (χ2n) is 8.84. The quantitative estimate of drug-likeness (QED) is 0.447. The van der Waals surface area contributed by atoms with Crippen LogP contribution in [0, 0.1) is 0 Å². The van der Waals surface area contributed by atoms with Gasteiger partial charge in [-0.1, -0.05) is 0 Å². The first-order chi connectivity index (χ1) is 16.9. The van der Waals surface area contributed by atoms with Crippen molar-refractivity contribution in [2.24, 2.45) is 7.05 Å². The molecule has 1 amide bonds. The number of pyridine rings is 1. The van der Waals surface area contributed by atoms with Crippen LogP contribution in [0.2, 0.25) is 0 Å². The van der Waals surface area contributed by atoms with Gasteiger partial charge in [0.05, 0.1) is 25.3 Å². The summed E-state index contributed by atoms with van der Waals surface area (Å²) in [6.07, 6.45) is 3.56. The third-order valence-corrected chi connectivity index (χ3v) is 6.04. The molecule has 0 aliphatic carbocycles. The minimum absolute atomic E-state index is 0.197. The highest BCUT2D eigenvalue weighted by atomic mass is 16.5. The lowest BCUT2D eigenvalue weighted by molar-refractivity contribution is 0.102. The molecule has 0 radical (unpaired) electrons. The van der Waals surface area contributed by atoms with Gasteiger partial charge in [0.25, 0.3) is 5.91 Å². The number of carbonyl (C=O) groups excluding carboxylic acids is 1. The molecular weight excluding hydrogens is 448 g/mol. The minimum Gasteiger partial charge on any atom is -0.479 e. The summed E-state index contributed by atoms with van der Waals surface area (Å²) in [6.45, 7) is 6.00. The van der Waals surface area contributed by atoms with Crippen molar-refractivity contribution in [3.8, 4) is 11.9 Å². The number of hydrogen-bond acceptors (Lipinski definition) is 9. The third-order valence-electron chi connectivity index (χ3n) is 6.04. The van der Waals surface area contributed by atoms with E-state index < -0.39 is 0 Å². The number of rotatable bonds is 5. The second-order valence-corrected chi connectivity index (χ2v) is 8.84. The molecule has 0 saturated carbocycles. The smallest absolute Gasteiger partial charge is 0.316 e. The predicted molar refractivity (Wildman–Crippen MR) is 133 cm³/mol. The molecule has 11 heteroatoms. The number of ether oxygens (including phenoxy) is 2. The summed E-state index contributed by atoms with van der Waals surface area (Å²) < 4.78 is 12.3. The van der Waals surface area contributed by atoms with E-state index in [9.17, 15) is 4.79 Å². The lowest BCUT2D eigenvalue weighted by atomic mass is 10.0. The fourth-order valence-corrected chi connectivity index (χ4v) is 4.68. The van der Waals surface area contributed by atoms with Crippen molar-refractivity contribution in [1.82, 2.24) is 30.0 Å². The molecule has 5 rings (SSSR count). The number of anilines is 2. The number of methoxy groups -OCH3 is 2. The van der Waals surface area contributed by atoms with Gasteiger partial charge < -0.3 is 25.0 Å². The minimum atomic E-state index is -0.345. The first-order valence-electron chi connectivity index (χ1n) is 11.4. The SMILES string of the molecule is COc1ncc2c(N3C[C@@H](C)N[C@H](C)C3)ccc(C(=O)Nc3cc4cn(C)nc4c(OC)n3)c2n1. The van der Waals surface area contributed by atoms with E-state index in [1.165, 1.54) is 14.2 Å². The van der Waals surface area contributed by atoms with Gasteiger partial charge in [-0.05, 0) is 32.0 Å². The van der Waals surface area contributed by atoms with Gasteiger partial charge in [0.1, 0.15) is 5.82 Å². The van der Waals surface area contributed by atoms with Gasteiger partial charge in [-0.25, -0.2) is 4.98 Å². The van der Waals surface area contributed by atoms with E-state index in [0.717, 1.165) is 29.5 Å². The van der Waals surface area contributed by atoms with Crippen LogP contribution in [0.1, 0.15) is 24.2 Å². The molecule has 0 bridgehead atoms. The van der Waals surface area contributed by atoms with E-state index in [0.29, 0.717) is 40.4 Å². The van der Waals surface area contributed by atoms with Crippen LogP contribution in [0.3, 0.4) is 0 Å². The van der Waals surface area contributed by atoms with Crippen molar-refractivity contribution in [3.05, 3.63) is 36.2 Å². The first kappa shape index (κ1) is 22.8. The summed E-state index contributed by atoms with van der Waals surface area (Å²) in [5, 5.41) is 12.4. The van der Waals surface area contributed by atoms with Gasteiger partial charge in [0.15, 0.2) is 5.52 Å². The normalized spacial score (nSPS) is 18.1. The average molecular weight is 477 g/mol. The Morgan fingerprint density at radius 1 is 1.11 bits per heavy atom. The lowest BCUT2D eigenvalue weighted by Crippen LogP contribution is -2.54. The van der Waals surface area contributed by atoms with E-state index in [1.54, 1.807) is 23.0 Å². The molecule has 4 heterocycles. The highest BCUT2D eigenvalue weighted by Crippen LogP contribution is 2.31. The number of nitrogens with one attached hydrogen (secondary N) is 2. The van der Waals surface area contributed by atoms with Crippen LogP contribution in [-0.2, 0) is 7.05 Å². The van der Waals surface area contributed by atoms with Crippen LogP contribution in [0.25, 0.3) is 21.8 Å². The molecule has 3 aromatic heterocycles. The standard InChI is InChI=1S/C24H28N8O3/c1-13-10-32(11-14(2)26-13)18-7-6-16(21-17(18)9-25-24(29-21)35-5)22(33)27-19-8-15-12-31(3)30-20(15)23(28-19)34-4/h6-9,12-14,26H,10-11H2,1-5H3,(H,27,33)/t13-,14-/m1/s1. The van der Waals surface area contributed by atoms with Gasteiger partial charge >= 0.3 is 6.01 Å². The molecule has 4 aromatic rings. The molecule has 182 valence electrons. The molecule has 2 atom stereocenters. The fraction of sp³-hybridized carbons (Fsp3) is 0.375. The number of nitrogens with zero attached hydrogens (tertiary/aromatic N) is 6. The van der Waals surface area contributed by atoms with E-state index >= 15 is 0 Å². The largest absolute Gasteiger partial charge is 0.479 e. The summed E-state index contributed by atoms with van der Waals surface area (Å²) in [7, 11) is 4.84. The maximum absolute atomic E-state index is 13.4. The Hall–Kier alpha value is -3.99. The number of aryl methyl sites for hydroxylation is 1. The number of piperazine rings is 1. The van der Waals surface area contributed by atoms with Gasteiger partial charge in [0, 0.05) is 61.1 Å². The van der Waals surface area contributed by atoms with Crippen molar-refractivity contribution < 1.29 is 14.3 Å². The van der Waals surface area contributed by atoms with Crippen molar-refractivity contribution >= 4 is 39.2 Å². The van der Waals surface area contributed by atoms with Gasteiger partial charge in [0.2, 0.25) is 5.88 Å². The fourth-order valence-electron chi connectivity index (χ4n) is 4.68. The zero-order valence-corrected chi connectivity index (χ0v) is 20.4. The Bertz CT molecular complexity index is 1410. The lowest BCUT2D eigenvalue weighted by Gasteiger charge is -2.38. The highest BCUT2D eigenvalue weighted by Gasteiger charge is 2.25. The van der Waals surface area contributed by atoms with Gasteiger partial charge in [-0.15, -0.1) is 0 Å². The van der Waals surface area contributed by atoms with Crippen LogP contribution < -0.4 is 25.0 Å². The average Bonchev–Trinajstić information content (AvgIpc) is 3.21. The number of aromatic nitrogens is 5. The van der Waals surface area contributed by atoms with E-state index in [2.05, 4.69) is 49.4 Å². The monoisotopic (exact) mass is 476 g/mol. The Kier molecular flexibility index (Phi) is 5.85. The molecular formula is C24H28N8O3. The summed E-state index contributed by atoms with van der Waals surface area (Å²) >= 11 is 0. The maximum atomic E-state index is 13.4.